The lowest BCUT2D eigenvalue weighted by Gasteiger charge is -2.08. The van der Waals surface area contributed by atoms with Gasteiger partial charge in [0.1, 0.15) is 0 Å². The molecule has 0 aliphatic heterocycles. The molecule has 0 saturated carbocycles. The maximum absolute atomic E-state index is 11.3. The summed E-state index contributed by atoms with van der Waals surface area (Å²) in [6.45, 7) is 0. The third kappa shape index (κ3) is 1.95. The highest BCUT2D eigenvalue weighted by atomic mass is 16.2. The fourth-order valence-electron chi connectivity index (χ4n) is 1.08. The van der Waals surface area contributed by atoms with Crippen molar-refractivity contribution in [1.82, 2.24) is 9.35 Å². The van der Waals surface area contributed by atoms with Crippen LogP contribution in [0.2, 0.25) is 0 Å². The molecule has 0 unspecified atom stereocenters. The Hall–Kier alpha value is -2.17. The number of carbonyl (C=O) groups excluding carboxylic acids is 1. The van der Waals surface area contributed by atoms with E-state index >= 15 is 0 Å². The van der Waals surface area contributed by atoms with Gasteiger partial charge in [0.25, 0.3) is 0 Å². The van der Waals surface area contributed by atoms with Crippen LogP contribution in [0.4, 0.5) is 4.79 Å². The van der Waals surface area contributed by atoms with Gasteiger partial charge in [-0.05, 0) is 24.3 Å². The Labute approximate surface area is 80.9 Å². The largest absolute Gasteiger partial charge is 0.352 e. The molecule has 0 bridgehead atoms. The third-order valence-electron chi connectivity index (χ3n) is 1.67. The molecule has 0 atom stereocenters. The molecule has 14 heavy (non-hydrogen) atoms. The van der Waals surface area contributed by atoms with Crippen molar-refractivity contribution in [2.75, 3.05) is 10.9 Å². The van der Waals surface area contributed by atoms with Crippen molar-refractivity contribution in [2.24, 2.45) is 0 Å². The van der Waals surface area contributed by atoms with E-state index in [2.05, 4.69) is 10.9 Å². The lowest BCUT2D eigenvalue weighted by molar-refractivity contribution is 0.257. The number of rotatable bonds is 2. The summed E-state index contributed by atoms with van der Waals surface area (Å²) in [5.74, 6) is 0. The number of nitrogens with zero attached hydrogens (tertiary/aromatic N) is 2. The summed E-state index contributed by atoms with van der Waals surface area (Å²) in [5.41, 5.74) is 5.21. The van der Waals surface area contributed by atoms with Crippen molar-refractivity contribution in [1.29, 1.82) is 0 Å². The van der Waals surface area contributed by atoms with Crippen molar-refractivity contribution < 1.29 is 4.79 Å². The van der Waals surface area contributed by atoms with Crippen molar-refractivity contribution in [3.05, 3.63) is 49.1 Å². The summed E-state index contributed by atoms with van der Waals surface area (Å²) in [6.07, 6.45) is 6.98. The highest BCUT2D eigenvalue weighted by Crippen LogP contribution is 1.87. The summed E-state index contributed by atoms with van der Waals surface area (Å²) in [4.78, 5) is 11.3. The standard InChI is InChI=1S/C9H10N4O/c14-9(10-12-5-1-2-6-12)11-13-7-3-4-8-13/h1-8H,(H2,10,11,14). The zero-order chi connectivity index (χ0) is 9.80. The highest BCUT2D eigenvalue weighted by molar-refractivity contribution is 5.88. The first-order chi connectivity index (χ1) is 6.84. The Balaban J connectivity index is 1.91. The second-order valence-corrected chi connectivity index (χ2v) is 2.73. The molecule has 2 rings (SSSR count). The molecule has 2 N–H and O–H groups in total. The SMILES string of the molecule is O=C(Nn1cccc1)Nn1cccc1. The molecule has 0 spiro atoms. The van der Waals surface area contributed by atoms with Gasteiger partial charge in [0.05, 0.1) is 0 Å². The van der Waals surface area contributed by atoms with Gasteiger partial charge in [-0.25, -0.2) is 15.6 Å². The van der Waals surface area contributed by atoms with E-state index in [9.17, 15) is 4.79 Å². The monoisotopic (exact) mass is 190 g/mol. The van der Waals surface area contributed by atoms with Gasteiger partial charge in [-0.1, -0.05) is 0 Å². The molecule has 2 aromatic heterocycles. The number of aromatic nitrogens is 2. The van der Waals surface area contributed by atoms with Gasteiger partial charge in [-0.15, -0.1) is 0 Å². The van der Waals surface area contributed by atoms with Crippen LogP contribution in [-0.2, 0) is 0 Å². The van der Waals surface area contributed by atoms with Gasteiger partial charge >= 0.3 is 6.03 Å². The number of nitrogens with one attached hydrogen (secondary N) is 2. The molecule has 0 radical (unpaired) electrons. The molecule has 5 nitrogen and oxygen atoms in total. The summed E-state index contributed by atoms with van der Waals surface area (Å²) in [5, 5.41) is 0. The highest BCUT2D eigenvalue weighted by Gasteiger charge is 1.98. The van der Waals surface area contributed by atoms with Gasteiger partial charge < -0.3 is 0 Å². The minimum atomic E-state index is -0.294. The van der Waals surface area contributed by atoms with Crippen LogP contribution in [0, 0.1) is 0 Å². The van der Waals surface area contributed by atoms with E-state index in [0.717, 1.165) is 0 Å². The predicted octanol–water partition coefficient (Wildman–Crippen LogP) is 1.20. The van der Waals surface area contributed by atoms with Crippen LogP contribution in [0.15, 0.2) is 49.1 Å². The third-order valence-corrected chi connectivity index (χ3v) is 1.67. The maximum atomic E-state index is 11.3. The van der Waals surface area contributed by atoms with E-state index in [1.54, 1.807) is 34.1 Å². The van der Waals surface area contributed by atoms with Gasteiger partial charge in [0.15, 0.2) is 0 Å². The molecule has 2 aromatic rings. The first-order valence-electron chi connectivity index (χ1n) is 4.18. The normalized spacial score (nSPS) is 9.71. The molecular formula is C9H10N4O. The molecule has 72 valence electrons. The van der Waals surface area contributed by atoms with Crippen LogP contribution in [0.25, 0.3) is 0 Å². The van der Waals surface area contributed by atoms with E-state index < -0.39 is 0 Å². The first-order valence-corrected chi connectivity index (χ1v) is 4.18. The van der Waals surface area contributed by atoms with Crippen molar-refractivity contribution in [3.63, 3.8) is 0 Å². The minimum absolute atomic E-state index is 0.294. The van der Waals surface area contributed by atoms with Crippen LogP contribution in [-0.4, -0.2) is 15.4 Å². The summed E-state index contributed by atoms with van der Waals surface area (Å²) in [6, 6.07) is 7.02. The lowest BCUT2D eigenvalue weighted by atomic mass is 10.7. The van der Waals surface area contributed by atoms with E-state index in [4.69, 9.17) is 0 Å². The fourth-order valence-corrected chi connectivity index (χ4v) is 1.08. The van der Waals surface area contributed by atoms with Gasteiger partial charge in [0, 0.05) is 24.8 Å². The Morgan fingerprint density at radius 3 is 1.50 bits per heavy atom. The van der Waals surface area contributed by atoms with Gasteiger partial charge in [-0.2, -0.15) is 0 Å². The average molecular weight is 190 g/mol. The van der Waals surface area contributed by atoms with Gasteiger partial charge in [0.2, 0.25) is 0 Å². The molecule has 0 aliphatic rings. The van der Waals surface area contributed by atoms with Crippen LogP contribution in [0.3, 0.4) is 0 Å². The quantitative estimate of drug-likeness (QED) is 0.734. The molecule has 0 fully saturated rings. The van der Waals surface area contributed by atoms with E-state index in [0.29, 0.717) is 0 Å². The molecule has 0 saturated heterocycles. The molecule has 0 aromatic carbocycles. The van der Waals surface area contributed by atoms with Crippen LogP contribution in [0.5, 0.6) is 0 Å². The number of hydrogen-bond acceptors (Lipinski definition) is 1. The fraction of sp³-hybridized carbons (Fsp3) is 0. The zero-order valence-electron chi connectivity index (χ0n) is 7.42. The topological polar surface area (TPSA) is 51.0 Å². The Morgan fingerprint density at radius 1 is 0.786 bits per heavy atom. The number of urea groups is 1. The van der Waals surface area contributed by atoms with E-state index in [1.165, 1.54) is 0 Å². The summed E-state index contributed by atoms with van der Waals surface area (Å²) in [7, 11) is 0. The molecule has 2 heterocycles. The van der Waals surface area contributed by atoms with E-state index in [-0.39, 0.29) is 6.03 Å². The van der Waals surface area contributed by atoms with E-state index in [1.807, 2.05) is 24.3 Å². The number of amides is 2. The Bertz CT molecular complexity index is 352. The van der Waals surface area contributed by atoms with Crippen molar-refractivity contribution >= 4 is 6.03 Å². The zero-order valence-corrected chi connectivity index (χ0v) is 7.42. The smallest absolute Gasteiger partial charge is 0.267 e. The Kier molecular flexibility index (Phi) is 2.22. The first kappa shape index (κ1) is 8.43. The van der Waals surface area contributed by atoms with Crippen LogP contribution >= 0.6 is 0 Å². The minimum Gasteiger partial charge on any atom is -0.267 e. The van der Waals surface area contributed by atoms with Crippen molar-refractivity contribution in [3.8, 4) is 0 Å². The molecule has 2 amide bonds. The molecule has 0 aliphatic carbocycles. The molecule has 5 heteroatoms. The lowest BCUT2D eigenvalue weighted by Crippen LogP contribution is -2.31. The van der Waals surface area contributed by atoms with Crippen LogP contribution < -0.4 is 10.9 Å². The maximum Gasteiger partial charge on any atom is 0.352 e. The van der Waals surface area contributed by atoms with Crippen LogP contribution in [0.1, 0.15) is 0 Å². The summed E-state index contributed by atoms with van der Waals surface area (Å²) < 4.78 is 3.14. The van der Waals surface area contributed by atoms with Gasteiger partial charge in [-0.3, -0.25) is 9.35 Å². The Morgan fingerprint density at radius 2 is 1.14 bits per heavy atom. The molecular weight excluding hydrogens is 180 g/mol. The number of hydrogen-bond donors (Lipinski definition) is 2. The number of carbonyl (C=O) groups is 1. The summed E-state index contributed by atoms with van der Waals surface area (Å²) >= 11 is 0. The van der Waals surface area contributed by atoms with Crippen molar-refractivity contribution in [2.45, 2.75) is 0 Å². The second-order valence-electron chi connectivity index (χ2n) is 2.73. The second kappa shape index (κ2) is 3.69. The average Bonchev–Trinajstić information content (AvgIpc) is 2.76. The predicted molar refractivity (Wildman–Crippen MR) is 53.0 cm³/mol.